The average molecular weight is 560 g/mol. The van der Waals surface area contributed by atoms with Crippen LogP contribution in [0.25, 0.3) is 0 Å². The van der Waals surface area contributed by atoms with Gasteiger partial charge in [-0.25, -0.2) is 8.42 Å². The molecule has 2 N–H and O–H groups in total. The van der Waals surface area contributed by atoms with E-state index in [1.807, 2.05) is 4.90 Å². The number of hydrogen-bond donors (Lipinski definition) is 2. The molecular formula is C25H29ClF3N3O4S. The molecule has 2 aromatic carbocycles. The van der Waals surface area contributed by atoms with Crippen molar-refractivity contribution in [1.29, 1.82) is 0 Å². The normalized spacial score (nSPS) is 16.8. The van der Waals surface area contributed by atoms with Crippen LogP contribution >= 0.6 is 11.6 Å². The predicted octanol–water partition coefficient (Wildman–Crippen LogP) is 4.04. The van der Waals surface area contributed by atoms with E-state index in [1.165, 1.54) is 37.3 Å². The fourth-order valence-electron chi connectivity index (χ4n) is 4.46. The van der Waals surface area contributed by atoms with Gasteiger partial charge < -0.3 is 10.6 Å². The van der Waals surface area contributed by atoms with E-state index in [-0.39, 0.29) is 51.4 Å². The van der Waals surface area contributed by atoms with Crippen LogP contribution in [-0.2, 0) is 33.9 Å². The zero-order chi connectivity index (χ0) is 27.2. The van der Waals surface area contributed by atoms with E-state index in [0.29, 0.717) is 26.0 Å². The molecule has 3 rings (SSSR count). The summed E-state index contributed by atoms with van der Waals surface area (Å²) < 4.78 is 66.5. The van der Waals surface area contributed by atoms with Crippen LogP contribution in [0.1, 0.15) is 46.8 Å². The van der Waals surface area contributed by atoms with E-state index >= 15 is 0 Å². The van der Waals surface area contributed by atoms with E-state index in [9.17, 15) is 31.2 Å². The molecule has 2 amide bonds. The maximum Gasteiger partial charge on any atom is 0.416 e. The van der Waals surface area contributed by atoms with Crippen molar-refractivity contribution in [2.75, 3.05) is 25.4 Å². The first-order valence-corrected chi connectivity index (χ1v) is 13.9. The number of nitrogens with zero attached hydrogens (tertiary/aromatic N) is 1. The van der Waals surface area contributed by atoms with Crippen LogP contribution in [0.4, 0.5) is 13.2 Å². The molecule has 12 heteroatoms. The third-order valence-electron chi connectivity index (χ3n) is 6.34. The molecule has 7 nitrogen and oxygen atoms in total. The van der Waals surface area contributed by atoms with Crippen molar-refractivity contribution in [3.05, 3.63) is 63.7 Å². The average Bonchev–Trinajstić information content (AvgIpc) is 2.85. The number of hydrogen-bond acceptors (Lipinski definition) is 5. The van der Waals surface area contributed by atoms with Gasteiger partial charge in [-0.3, -0.25) is 14.5 Å². The Morgan fingerprint density at radius 1 is 1.19 bits per heavy atom. The molecule has 1 heterocycles. The summed E-state index contributed by atoms with van der Waals surface area (Å²) in [5.74, 6) is -0.766. The number of amides is 2. The number of benzene rings is 2. The smallest absolute Gasteiger partial charge is 0.358 e. The maximum absolute atomic E-state index is 13.9. The van der Waals surface area contributed by atoms with Gasteiger partial charge >= 0.3 is 6.18 Å². The molecule has 37 heavy (non-hydrogen) atoms. The van der Waals surface area contributed by atoms with E-state index in [2.05, 4.69) is 10.6 Å². The van der Waals surface area contributed by atoms with E-state index in [4.69, 9.17) is 11.6 Å². The summed E-state index contributed by atoms with van der Waals surface area (Å²) in [5, 5.41) is 5.40. The first-order valence-electron chi connectivity index (χ1n) is 11.8. The molecule has 0 radical (unpaired) electrons. The summed E-state index contributed by atoms with van der Waals surface area (Å²) in [6.45, 7) is 3.00. The van der Waals surface area contributed by atoms with Gasteiger partial charge in [-0.15, -0.1) is 0 Å². The molecule has 2 aromatic rings. The van der Waals surface area contributed by atoms with Crippen molar-refractivity contribution in [2.45, 2.75) is 43.9 Å². The minimum Gasteiger partial charge on any atom is -0.358 e. The number of carbonyl (C=O) groups is 2. The highest BCUT2D eigenvalue weighted by atomic mass is 35.5. The molecule has 0 aliphatic carbocycles. The molecule has 0 bridgehead atoms. The molecule has 0 aromatic heterocycles. The van der Waals surface area contributed by atoms with Crippen LogP contribution in [0.15, 0.2) is 41.3 Å². The lowest BCUT2D eigenvalue weighted by Crippen LogP contribution is -2.39. The number of likely N-dealkylation sites (tertiary alicyclic amines) is 1. The summed E-state index contributed by atoms with van der Waals surface area (Å²) >= 11 is 5.99. The largest absolute Gasteiger partial charge is 0.416 e. The van der Waals surface area contributed by atoms with Crippen molar-refractivity contribution in [1.82, 2.24) is 15.5 Å². The Morgan fingerprint density at radius 2 is 1.95 bits per heavy atom. The zero-order valence-corrected chi connectivity index (χ0v) is 21.8. The summed E-state index contributed by atoms with van der Waals surface area (Å²) in [4.78, 5) is 25.2. The van der Waals surface area contributed by atoms with Gasteiger partial charge in [0.2, 0.25) is 6.41 Å². The fourth-order valence-corrected chi connectivity index (χ4v) is 5.77. The van der Waals surface area contributed by atoms with Crippen LogP contribution < -0.4 is 10.6 Å². The van der Waals surface area contributed by atoms with Crippen LogP contribution in [0.5, 0.6) is 0 Å². The molecule has 1 aliphatic heterocycles. The molecule has 1 aliphatic rings. The lowest BCUT2D eigenvalue weighted by Gasteiger charge is -2.33. The number of nitrogens with one attached hydrogen (secondary N) is 2. The Bertz CT molecular complexity index is 1240. The monoisotopic (exact) mass is 559 g/mol. The standard InChI is InChI=1S/C25H29ClF3N3O4S/c1-2-37(35,36)23-8-7-21(26)10-20(23)13-31-24(34)18-5-6-19(22(11-18)25(27,28)29)15-32-9-3-4-17(14-32)12-30-16-33/h5-8,10-11,16-17H,2-4,9,12-15H2,1H3,(H,30,33)(H,31,34)/t17-/m1/s1. The van der Waals surface area contributed by atoms with Crippen LogP contribution in [0.3, 0.4) is 0 Å². The van der Waals surface area contributed by atoms with E-state index < -0.39 is 27.5 Å². The molecule has 1 fully saturated rings. The van der Waals surface area contributed by atoms with E-state index in [0.717, 1.165) is 18.9 Å². The molecular weight excluding hydrogens is 531 g/mol. The van der Waals surface area contributed by atoms with Gasteiger partial charge in [0, 0.05) is 36.8 Å². The van der Waals surface area contributed by atoms with Crippen LogP contribution in [-0.4, -0.2) is 51.0 Å². The van der Waals surface area contributed by atoms with Gasteiger partial charge in [0.25, 0.3) is 5.91 Å². The second-order valence-corrected chi connectivity index (χ2v) is 11.7. The zero-order valence-electron chi connectivity index (χ0n) is 20.3. The Hall–Kier alpha value is -2.63. The van der Waals surface area contributed by atoms with Crippen molar-refractivity contribution in [3.63, 3.8) is 0 Å². The van der Waals surface area contributed by atoms with Crippen LogP contribution in [0.2, 0.25) is 5.02 Å². The molecule has 1 saturated heterocycles. The van der Waals surface area contributed by atoms with Crippen molar-refractivity contribution < 1.29 is 31.2 Å². The van der Waals surface area contributed by atoms with Gasteiger partial charge in [0.15, 0.2) is 9.84 Å². The number of halogens is 4. The van der Waals surface area contributed by atoms with Crippen LogP contribution in [0, 0.1) is 5.92 Å². The predicted molar refractivity (Wildman–Crippen MR) is 134 cm³/mol. The highest BCUT2D eigenvalue weighted by molar-refractivity contribution is 7.91. The maximum atomic E-state index is 13.9. The number of alkyl halides is 3. The number of piperidine rings is 1. The van der Waals surface area contributed by atoms with Crippen molar-refractivity contribution >= 4 is 33.8 Å². The Kier molecular flexibility index (Phi) is 9.60. The second kappa shape index (κ2) is 12.3. The minimum absolute atomic E-state index is 0.00852. The number of rotatable bonds is 10. The molecule has 202 valence electrons. The lowest BCUT2D eigenvalue weighted by molar-refractivity contribution is -0.138. The summed E-state index contributed by atoms with van der Waals surface area (Å²) in [7, 11) is -3.60. The first kappa shape index (κ1) is 28.9. The Balaban J connectivity index is 1.78. The number of sulfone groups is 1. The van der Waals surface area contributed by atoms with Crippen molar-refractivity contribution in [2.24, 2.45) is 5.92 Å². The first-order chi connectivity index (χ1) is 17.4. The third kappa shape index (κ3) is 7.68. The lowest BCUT2D eigenvalue weighted by atomic mass is 9.96. The summed E-state index contributed by atoms with van der Waals surface area (Å²) in [5.41, 5.74) is -0.784. The molecule has 0 saturated carbocycles. The number of carbonyl (C=O) groups excluding carboxylic acids is 2. The van der Waals surface area contributed by atoms with Gasteiger partial charge in [0.1, 0.15) is 0 Å². The fraction of sp³-hybridized carbons (Fsp3) is 0.440. The van der Waals surface area contributed by atoms with Gasteiger partial charge in [0.05, 0.1) is 16.2 Å². The molecule has 0 unspecified atom stereocenters. The van der Waals surface area contributed by atoms with E-state index in [1.54, 1.807) is 0 Å². The Labute approximate surface area is 219 Å². The highest BCUT2D eigenvalue weighted by Crippen LogP contribution is 2.34. The Morgan fingerprint density at radius 3 is 2.62 bits per heavy atom. The summed E-state index contributed by atoms with van der Waals surface area (Å²) in [6.07, 6.45) is -2.36. The third-order valence-corrected chi connectivity index (χ3v) is 8.40. The van der Waals surface area contributed by atoms with Gasteiger partial charge in [-0.1, -0.05) is 24.6 Å². The highest BCUT2D eigenvalue weighted by Gasteiger charge is 2.35. The van der Waals surface area contributed by atoms with Gasteiger partial charge in [-0.05, 0) is 66.8 Å². The van der Waals surface area contributed by atoms with Gasteiger partial charge in [-0.2, -0.15) is 13.2 Å². The molecule has 0 spiro atoms. The molecule has 1 atom stereocenters. The second-order valence-electron chi connectivity index (χ2n) is 8.98. The minimum atomic E-state index is -4.67. The quantitative estimate of drug-likeness (QED) is 0.428. The topological polar surface area (TPSA) is 95.6 Å². The SMILES string of the molecule is CCS(=O)(=O)c1ccc(Cl)cc1CNC(=O)c1ccc(CN2CCC[C@H](CNC=O)C2)c(C(F)(F)F)c1. The summed E-state index contributed by atoms with van der Waals surface area (Å²) in [6, 6.07) is 7.63. The van der Waals surface area contributed by atoms with Crippen molar-refractivity contribution in [3.8, 4) is 0 Å².